The molecule has 0 aromatic heterocycles. The van der Waals surface area contributed by atoms with Crippen molar-refractivity contribution in [1.29, 1.82) is 0 Å². The molecule has 0 aromatic carbocycles. The Bertz CT molecular complexity index is 415. The Hall–Kier alpha value is -1.79. The Kier molecular flexibility index (Phi) is 11.7. The summed E-state index contributed by atoms with van der Waals surface area (Å²) in [5.41, 5.74) is 0. The van der Waals surface area contributed by atoms with Crippen molar-refractivity contribution >= 4 is 18.0 Å². The van der Waals surface area contributed by atoms with Crippen LogP contribution in [0.15, 0.2) is 0 Å². The molecule has 0 aliphatic heterocycles. The van der Waals surface area contributed by atoms with E-state index < -0.39 is 30.6 Å². The summed E-state index contributed by atoms with van der Waals surface area (Å²) in [6, 6.07) is -0.740. The van der Waals surface area contributed by atoms with Crippen LogP contribution in [0, 0.1) is 11.8 Å². The molecule has 0 spiro atoms. The average Bonchev–Trinajstić information content (AvgIpc) is 2.50. The summed E-state index contributed by atoms with van der Waals surface area (Å²) < 4.78 is 5.00. The van der Waals surface area contributed by atoms with Crippen LogP contribution in [0.1, 0.15) is 66.7 Å². The van der Waals surface area contributed by atoms with Gasteiger partial charge in [0.1, 0.15) is 12.6 Å². The van der Waals surface area contributed by atoms with E-state index in [0.717, 1.165) is 38.0 Å². The number of carbonyl (C=O) groups is 3. The summed E-state index contributed by atoms with van der Waals surface area (Å²) in [6.45, 7) is 9.49. The number of aliphatic carboxylic acids is 1. The second-order valence-corrected chi connectivity index (χ2v) is 7.32. The van der Waals surface area contributed by atoms with Crippen molar-refractivity contribution in [2.45, 2.75) is 78.9 Å². The topological polar surface area (TPSA) is 105 Å². The van der Waals surface area contributed by atoms with E-state index in [-0.39, 0.29) is 12.0 Å². The summed E-state index contributed by atoms with van der Waals surface area (Å²) >= 11 is 0. The molecule has 3 N–H and O–H groups in total. The van der Waals surface area contributed by atoms with Crippen molar-refractivity contribution in [3.8, 4) is 0 Å². The first-order valence-electron chi connectivity index (χ1n) is 9.10. The first kappa shape index (κ1) is 23.2. The Morgan fingerprint density at radius 3 is 2.00 bits per heavy atom. The molecule has 0 heterocycles. The average molecular weight is 358 g/mol. The molecule has 7 heteroatoms. The van der Waals surface area contributed by atoms with E-state index in [1.165, 1.54) is 0 Å². The van der Waals surface area contributed by atoms with Crippen LogP contribution < -0.4 is 10.6 Å². The van der Waals surface area contributed by atoms with Gasteiger partial charge in [0.05, 0.1) is 6.10 Å². The summed E-state index contributed by atoms with van der Waals surface area (Å²) in [7, 11) is 0. The number of ether oxygens (including phenoxy) is 1. The van der Waals surface area contributed by atoms with Crippen LogP contribution >= 0.6 is 0 Å². The highest BCUT2D eigenvalue weighted by atomic mass is 16.6. The number of amides is 2. The van der Waals surface area contributed by atoms with Crippen LogP contribution in [0.3, 0.4) is 0 Å². The Morgan fingerprint density at radius 2 is 1.56 bits per heavy atom. The molecule has 0 bridgehead atoms. The Morgan fingerprint density at radius 1 is 1.04 bits per heavy atom. The zero-order chi connectivity index (χ0) is 19.4. The molecule has 1 atom stereocenters. The summed E-state index contributed by atoms with van der Waals surface area (Å²) in [5, 5.41) is 13.5. The Balaban J connectivity index is 0.00000129. The van der Waals surface area contributed by atoms with E-state index in [1.54, 1.807) is 13.8 Å². The molecule has 1 rings (SSSR count). The third kappa shape index (κ3) is 12.3. The van der Waals surface area contributed by atoms with E-state index in [9.17, 15) is 14.4 Å². The molecule has 1 unspecified atom stereocenters. The van der Waals surface area contributed by atoms with E-state index in [0.29, 0.717) is 0 Å². The second-order valence-electron chi connectivity index (χ2n) is 7.32. The fourth-order valence-electron chi connectivity index (χ4n) is 2.51. The summed E-state index contributed by atoms with van der Waals surface area (Å²) in [4.78, 5) is 34.4. The largest absolute Gasteiger partial charge is 0.480 e. The second kappa shape index (κ2) is 12.6. The number of nitrogens with one attached hydrogen (secondary N) is 2. The first-order chi connectivity index (χ1) is 11.6. The van der Waals surface area contributed by atoms with Crippen LogP contribution in [-0.2, 0) is 14.3 Å². The minimum atomic E-state index is -1.12. The lowest BCUT2D eigenvalue weighted by Crippen LogP contribution is -2.52. The van der Waals surface area contributed by atoms with E-state index in [4.69, 9.17) is 9.84 Å². The highest BCUT2D eigenvalue weighted by Crippen LogP contribution is 2.26. The molecular weight excluding hydrogens is 324 g/mol. The third-order valence-electron chi connectivity index (χ3n) is 3.43. The molecule has 7 nitrogen and oxygen atoms in total. The molecule has 0 radical (unpaired) electrons. The predicted octanol–water partition coefficient (Wildman–Crippen LogP) is 2.93. The number of carboxylic acid groups (broad SMARTS) is 1. The minimum Gasteiger partial charge on any atom is -0.480 e. The molecule has 2 amide bonds. The fraction of sp³-hybridized carbons (Fsp3) is 0.833. The maximum Gasteiger partial charge on any atom is 0.408 e. The van der Waals surface area contributed by atoms with Gasteiger partial charge in [0.15, 0.2) is 0 Å². The molecule has 146 valence electrons. The SMILES string of the molecule is CC(C)C.CC(C)OC(=O)NC(C(=O)NCC(=O)O)C1CCCCC1. The van der Waals surface area contributed by atoms with Gasteiger partial charge in [-0.25, -0.2) is 4.79 Å². The molecule has 1 fully saturated rings. The van der Waals surface area contributed by atoms with Gasteiger partial charge in [-0.3, -0.25) is 9.59 Å². The zero-order valence-corrected chi connectivity index (χ0v) is 16.1. The molecule has 0 aromatic rings. The monoisotopic (exact) mass is 358 g/mol. The minimum absolute atomic E-state index is 0.0206. The normalized spacial score (nSPS) is 15.8. The van der Waals surface area contributed by atoms with Gasteiger partial charge < -0.3 is 20.5 Å². The fourth-order valence-corrected chi connectivity index (χ4v) is 2.51. The highest BCUT2D eigenvalue weighted by molar-refractivity contribution is 5.88. The number of hydrogen-bond donors (Lipinski definition) is 3. The standard InChI is InChI=1S/C14H24N2O5.C4H10/c1-9(2)21-14(20)16-12(10-6-4-3-5-7-10)13(19)15-8-11(17)18;1-4(2)3/h9-10,12H,3-8H2,1-2H3,(H,15,19)(H,16,20)(H,17,18);4H,1-3H3. The van der Waals surface area contributed by atoms with Crippen molar-refractivity contribution in [2.75, 3.05) is 6.54 Å². The van der Waals surface area contributed by atoms with Crippen LogP contribution in [0.2, 0.25) is 0 Å². The molecular formula is C18H34N2O5. The van der Waals surface area contributed by atoms with Gasteiger partial charge in [-0.1, -0.05) is 40.0 Å². The van der Waals surface area contributed by atoms with Crippen LogP contribution in [0.5, 0.6) is 0 Å². The molecule has 1 aliphatic carbocycles. The van der Waals surface area contributed by atoms with Crippen molar-refractivity contribution in [3.63, 3.8) is 0 Å². The maximum absolute atomic E-state index is 12.1. The lowest BCUT2D eigenvalue weighted by atomic mass is 9.83. The summed E-state index contributed by atoms with van der Waals surface area (Å²) in [6.07, 6.45) is 3.89. The Labute approximate surface area is 150 Å². The zero-order valence-electron chi connectivity index (χ0n) is 16.1. The lowest BCUT2D eigenvalue weighted by molar-refractivity contribution is -0.138. The van der Waals surface area contributed by atoms with Gasteiger partial charge in [0.2, 0.25) is 5.91 Å². The number of carboxylic acids is 1. The quantitative estimate of drug-likeness (QED) is 0.677. The lowest BCUT2D eigenvalue weighted by Gasteiger charge is -2.29. The number of rotatable bonds is 6. The third-order valence-corrected chi connectivity index (χ3v) is 3.43. The summed E-state index contributed by atoms with van der Waals surface area (Å²) in [5.74, 6) is -0.729. The van der Waals surface area contributed by atoms with E-state index in [1.807, 2.05) is 0 Å². The van der Waals surface area contributed by atoms with Gasteiger partial charge in [-0.2, -0.15) is 0 Å². The van der Waals surface area contributed by atoms with Crippen molar-refractivity contribution in [2.24, 2.45) is 11.8 Å². The molecule has 25 heavy (non-hydrogen) atoms. The smallest absolute Gasteiger partial charge is 0.408 e. The van der Waals surface area contributed by atoms with Gasteiger partial charge in [0.25, 0.3) is 0 Å². The van der Waals surface area contributed by atoms with Gasteiger partial charge in [-0.05, 0) is 38.5 Å². The van der Waals surface area contributed by atoms with E-state index >= 15 is 0 Å². The molecule has 1 saturated carbocycles. The van der Waals surface area contributed by atoms with Crippen molar-refractivity contribution in [1.82, 2.24) is 10.6 Å². The predicted molar refractivity (Wildman–Crippen MR) is 96.3 cm³/mol. The van der Waals surface area contributed by atoms with Gasteiger partial charge in [-0.15, -0.1) is 0 Å². The van der Waals surface area contributed by atoms with Crippen molar-refractivity contribution < 1.29 is 24.2 Å². The number of alkyl carbamates (subject to hydrolysis) is 1. The van der Waals surface area contributed by atoms with Crippen LogP contribution in [-0.4, -0.2) is 41.8 Å². The number of carbonyl (C=O) groups excluding carboxylic acids is 2. The van der Waals surface area contributed by atoms with E-state index in [2.05, 4.69) is 31.4 Å². The van der Waals surface area contributed by atoms with Gasteiger partial charge in [0, 0.05) is 0 Å². The highest BCUT2D eigenvalue weighted by Gasteiger charge is 2.31. The molecule has 0 saturated heterocycles. The van der Waals surface area contributed by atoms with Crippen LogP contribution in [0.25, 0.3) is 0 Å². The van der Waals surface area contributed by atoms with Crippen LogP contribution in [0.4, 0.5) is 4.79 Å². The maximum atomic E-state index is 12.1. The van der Waals surface area contributed by atoms with Gasteiger partial charge >= 0.3 is 12.1 Å². The number of hydrogen-bond acceptors (Lipinski definition) is 4. The molecule has 1 aliphatic rings. The first-order valence-corrected chi connectivity index (χ1v) is 9.10. The van der Waals surface area contributed by atoms with Crippen molar-refractivity contribution in [3.05, 3.63) is 0 Å².